The van der Waals surface area contributed by atoms with Gasteiger partial charge in [0.25, 0.3) is 0 Å². The molecule has 0 saturated carbocycles. The number of methoxy groups -OCH3 is 1. The molecule has 3 nitrogen and oxygen atoms in total. The zero-order valence-electron chi connectivity index (χ0n) is 11.6. The van der Waals surface area contributed by atoms with Crippen molar-refractivity contribution < 1.29 is 14.2 Å². The second-order valence-corrected chi connectivity index (χ2v) is 5.12. The summed E-state index contributed by atoms with van der Waals surface area (Å²) in [4.78, 5) is 0. The van der Waals surface area contributed by atoms with Crippen LogP contribution in [0.4, 0.5) is 0 Å². The first-order valence-corrected chi connectivity index (χ1v) is 7.21. The third kappa shape index (κ3) is 3.74. The third-order valence-corrected chi connectivity index (χ3v) is 3.30. The summed E-state index contributed by atoms with van der Waals surface area (Å²) < 4.78 is 17.4. The number of hydrogen-bond donors (Lipinski definition) is 0. The quantitative estimate of drug-likeness (QED) is 0.710. The monoisotopic (exact) mass is 336 g/mol. The molecular formula is C16H17BrO3. The van der Waals surface area contributed by atoms with Crippen molar-refractivity contribution >= 4 is 15.9 Å². The second-order valence-electron chi connectivity index (χ2n) is 4.21. The van der Waals surface area contributed by atoms with Crippen molar-refractivity contribution in [1.82, 2.24) is 0 Å². The molecule has 0 amide bonds. The molecule has 4 heteroatoms. The zero-order valence-corrected chi connectivity index (χ0v) is 13.1. The van der Waals surface area contributed by atoms with Gasteiger partial charge in [0, 0.05) is 11.6 Å². The van der Waals surface area contributed by atoms with Gasteiger partial charge in [-0.2, -0.15) is 0 Å². The van der Waals surface area contributed by atoms with Crippen molar-refractivity contribution in [3.8, 4) is 17.2 Å². The van der Waals surface area contributed by atoms with E-state index in [9.17, 15) is 0 Å². The fourth-order valence-corrected chi connectivity index (χ4v) is 2.16. The number of rotatable bonds is 6. The summed E-state index contributed by atoms with van der Waals surface area (Å²) in [7, 11) is 1.59. The molecule has 0 N–H and O–H groups in total. The molecule has 2 aromatic rings. The minimum absolute atomic E-state index is 0.188. The first-order chi connectivity index (χ1) is 9.74. The molecule has 0 unspecified atom stereocenters. The molecule has 0 atom stereocenters. The summed E-state index contributed by atoms with van der Waals surface area (Å²) in [5.41, 5.74) is 1.16. The molecule has 0 aromatic heterocycles. The van der Waals surface area contributed by atoms with E-state index in [2.05, 4.69) is 28.9 Å². The minimum Gasteiger partial charge on any atom is -0.464 e. The fourth-order valence-electron chi connectivity index (χ4n) is 1.82. The lowest BCUT2D eigenvalue weighted by atomic mass is 10.1. The average molecular weight is 337 g/mol. The van der Waals surface area contributed by atoms with Gasteiger partial charge < -0.3 is 14.2 Å². The molecular weight excluding hydrogens is 320 g/mol. The van der Waals surface area contributed by atoms with Gasteiger partial charge in [-0.05, 0) is 36.2 Å². The Hall–Kier alpha value is -1.52. The molecule has 0 fully saturated rings. The lowest BCUT2D eigenvalue weighted by Gasteiger charge is -2.14. The van der Waals surface area contributed by atoms with E-state index < -0.39 is 0 Å². The van der Waals surface area contributed by atoms with Crippen LogP contribution in [0.5, 0.6) is 17.2 Å². The zero-order chi connectivity index (χ0) is 14.4. The van der Waals surface area contributed by atoms with Crippen molar-refractivity contribution in [3.63, 3.8) is 0 Å². The maximum Gasteiger partial charge on any atom is 0.188 e. The van der Waals surface area contributed by atoms with Gasteiger partial charge in [0.15, 0.2) is 18.3 Å². The Kier molecular flexibility index (Phi) is 5.44. The van der Waals surface area contributed by atoms with Crippen LogP contribution in [0.15, 0.2) is 46.9 Å². The number of aryl methyl sites for hydroxylation is 1. The van der Waals surface area contributed by atoms with Crippen LogP contribution in [0.25, 0.3) is 0 Å². The van der Waals surface area contributed by atoms with Gasteiger partial charge in [0.1, 0.15) is 5.75 Å². The van der Waals surface area contributed by atoms with Crippen LogP contribution in [-0.4, -0.2) is 13.9 Å². The predicted molar refractivity (Wildman–Crippen MR) is 82.5 cm³/mol. The van der Waals surface area contributed by atoms with E-state index in [-0.39, 0.29) is 6.79 Å². The van der Waals surface area contributed by atoms with Gasteiger partial charge in [-0.3, -0.25) is 0 Å². The number of ether oxygens (including phenoxy) is 3. The van der Waals surface area contributed by atoms with Crippen LogP contribution in [-0.2, 0) is 11.2 Å². The summed E-state index contributed by atoms with van der Waals surface area (Å²) >= 11 is 3.45. The fraction of sp³-hybridized carbons (Fsp3) is 0.250. The molecule has 0 aliphatic carbocycles. The standard InChI is InChI=1S/C16H17BrO3/c1-3-12-6-4-5-7-14(12)20-16-10-13(17)8-9-15(16)19-11-18-2/h4-10H,3,11H2,1-2H3. The molecule has 0 radical (unpaired) electrons. The van der Waals surface area contributed by atoms with Crippen LogP contribution >= 0.6 is 15.9 Å². The summed E-state index contributed by atoms with van der Waals surface area (Å²) in [6, 6.07) is 13.6. The topological polar surface area (TPSA) is 27.7 Å². The molecule has 20 heavy (non-hydrogen) atoms. The lowest BCUT2D eigenvalue weighted by Crippen LogP contribution is -2.01. The summed E-state index contributed by atoms with van der Waals surface area (Å²) in [5, 5.41) is 0. The Bertz CT molecular complexity index is 569. The number of halogens is 1. The molecule has 0 bridgehead atoms. The van der Waals surface area contributed by atoms with E-state index in [1.54, 1.807) is 7.11 Å². The minimum atomic E-state index is 0.188. The van der Waals surface area contributed by atoms with Crippen molar-refractivity contribution in [2.24, 2.45) is 0 Å². The lowest BCUT2D eigenvalue weighted by molar-refractivity contribution is 0.0495. The average Bonchev–Trinajstić information content (AvgIpc) is 2.47. The van der Waals surface area contributed by atoms with Crippen LogP contribution in [0.2, 0.25) is 0 Å². The SMILES string of the molecule is CCc1ccccc1Oc1cc(Br)ccc1OCOC. The maximum atomic E-state index is 6.00. The van der Waals surface area contributed by atoms with Crippen molar-refractivity contribution in [3.05, 3.63) is 52.5 Å². The number of para-hydroxylation sites is 1. The van der Waals surface area contributed by atoms with Crippen molar-refractivity contribution in [2.45, 2.75) is 13.3 Å². The van der Waals surface area contributed by atoms with Crippen LogP contribution in [0.1, 0.15) is 12.5 Å². The summed E-state index contributed by atoms with van der Waals surface area (Å²) in [6.45, 7) is 2.29. The predicted octanol–water partition coefficient (Wildman–Crippen LogP) is 4.79. The Morgan fingerprint density at radius 3 is 2.55 bits per heavy atom. The van der Waals surface area contributed by atoms with Gasteiger partial charge in [0.05, 0.1) is 0 Å². The molecule has 0 aliphatic rings. The Labute approximate surface area is 127 Å². The van der Waals surface area contributed by atoms with E-state index in [4.69, 9.17) is 14.2 Å². The first kappa shape index (κ1) is 14.9. The van der Waals surface area contributed by atoms with E-state index in [0.717, 1.165) is 22.2 Å². The molecule has 0 spiro atoms. The van der Waals surface area contributed by atoms with Crippen LogP contribution in [0.3, 0.4) is 0 Å². The summed E-state index contributed by atoms with van der Waals surface area (Å²) in [6.07, 6.45) is 0.915. The molecule has 0 saturated heterocycles. The Morgan fingerprint density at radius 2 is 1.80 bits per heavy atom. The van der Waals surface area contributed by atoms with Gasteiger partial charge in [0.2, 0.25) is 0 Å². The highest BCUT2D eigenvalue weighted by molar-refractivity contribution is 9.10. The van der Waals surface area contributed by atoms with Crippen molar-refractivity contribution in [1.29, 1.82) is 0 Å². The van der Waals surface area contributed by atoms with E-state index in [0.29, 0.717) is 11.5 Å². The highest BCUT2D eigenvalue weighted by atomic mass is 79.9. The molecule has 106 valence electrons. The molecule has 0 heterocycles. The third-order valence-electron chi connectivity index (χ3n) is 2.81. The van der Waals surface area contributed by atoms with Crippen molar-refractivity contribution in [2.75, 3.05) is 13.9 Å². The highest BCUT2D eigenvalue weighted by Gasteiger charge is 2.09. The Balaban J connectivity index is 2.29. The first-order valence-electron chi connectivity index (χ1n) is 6.41. The summed E-state index contributed by atoms with van der Waals surface area (Å²) in [5.74, 6) is 2.16. The highest BCUT2D eigenvalue weighted by Crippen LogP contribution is 2.35. The van der Waals surface area contributed by atoms with Gasteiger partial charge in [-0.15, -0.1) is 0 Å². The molecule has 0 aliphatic heterocycles. The maximum absolute atomic E-state index is 6.00. The van der Waals surface area contributed by atoms with Crippen LogP contribution < -0.4 is 9.47 Å². The largest absolute Gasteiger partial charge is 0.464 e. The molecule has 2 rings (SSSR count). The van der Waals surface area contributed by atoms with Gasteiger partial charge >= 0.3 is 0 Å². The van der Waals surface area contributed by atoms with E-state index in [1.165, 1.54) is 0 Å². The second kappa shape index (κ2) is 7.31. The van der Waals surface area contributed by atoms with E-state index in [1.807, 2.05) is 36.4 Å². The molecule has 2 aromatic carbocycles. The van der Waals surface area contributed by atoms with Crippen LogP contribution in [0, 0.1) is 0 Å². The normalized spacial score (nSPS) is 10.3. The van der Waals surface area contributed by atoms with Gasteiger partial charge in [-0.1, -0.05) is 41.1 Å². The van der Waals surface area contributed by atoms with E-state index >= 15 is 0 Å². The number of hydrogen-bond acceptors (Lipinski definition) is 3. The smallest absolute Gasteiger partial charge is 0.188 e. The van der Waals surface area contributed by atoms with Gasteiger partial charge in [-0.25, -0.2) is 0 Å². The Morgan fingerprint density at radius 1 is 1.00 bits per heavy atom. The number of benzene rings is 2.